The molecule has 0 atom stereocenters. The monoisotopic (exact) mass is 397 g/mol. The van der Waals surface area contributed by atoms with Crippen LogP contribution in [0, 0.1) is 11.3 Å². The van der Waals surface area contributed by atoms with Gasteiger partial charge in [-0.15, -0.1) is 0 Å². The van der Waals surface area contributed by atoms with Crippen LogP contribution in [-0.4, -0.2) is 49.7 Å². The summed E-state index contributed by atoms with van der Waals surface area (Å²) in [5, 5.41) is 8.99. The van der Waals surface area contributed by atoms with Gasteiger partial charge in [-0.3, -0.25) is 4.79 Å². The predicted molar refractivity (Wildman–Crippen MR) is 106 cm³/mol. The Morgan fingerprint density at radius 2 is 1.68 bits per heavy atom. The van der Waals surface area contributed by atoms with Crippen LogP contribution in [0.15, 0.2) is 53.4 Å². The van der Waals surface area contributed by atoms with Crippen LogP contribution < -0.4 is 0 Å². The van der Waals surface area contributed by atoms with Crippen molar-refractivity contribution < 1.29 is 13.2 Å². The number of hydrogen-bond acceptors (Lipinski definition) is 4. The van der Waals surface area contributed by atoms with Gasteiger partial charge in [-0.1, -0.05) is 32.0 Å². The number of rotatable bonds is 4. The molecule has 0 radical (unpaired) electrons. The lowest BCUT2D eigenvalue weighted by Crippen LogP contribution is -2.50. The molecule has 0 bridgehead atoms. The first-order chi connectivity index (χ1) is 13.3. The third kappa shape index (κ3) is 4.08. The van der Waals surface area contributed by atoms with E-state index >= 15 is 0 Å². The second kappa shape index (κ2) is 8.13. The maximum atomic E-state index is 12.9. The summed E-state index contributed by atoms with van der Waals surface area (Å²) in [5.74, 6) is 0.154. The zero-order chi connectivity index (χ0) is 20.3. The maximum absolute atomic E-state index is 12.9. The molecule has 6 nitrogen and oxygen atoms in total. The molecule has 7 heteroatoms. The summed E-state index contributed by atoms with van der Waals surface area (Å²) in [4.78, 5) is 14.5. The SMILES string of the molecule is CC(C)c1ccc(S(=O)(=O)N2CCN(C(=O)c3cccc(C#N)c3)CC2)cc1. The van der Waals surface area contributed by atoms with E-state index in [2.05, 4.69) is 13.8 Å². The number of nitrogens with zero attached hydrogens (tertiary/aromatic N) is 3. The average Bonchev–Trinajstić information content (AvgIpc) is 2.73. The van der Waals surface area contributed by atoms with Crippen molar-refractivity contribution in [1.82, 2.24) is 9.21 Å². The Morgan fingerprint density at radius 1 is 1.04 bits per heavy atom. The molecule has 2 aromatic rings. The highest BCUT2D eigenvalue weighted by Gasteiger charge is 2.30. The van der Waals surface area contributed by atoms with Crippen LogP contribution in [0.5, 0.6) is 0 Å². The van der Waals surface area contributed by atoms with Crippen molar-refractivity contribution in [2.24, 2.45) is 0 Å². The van der Waals surface area contributed by atoms with Crippen LogP contribution in [0.3, 0.4) is 0 Å². The standard InChI is InChI=1S/C21H23N3O3S/c1-16(2)18-6-8-20(9-7-18)28(26,27)24-12-10-23(11-13-24)21(25)19-5-3-4-17(14-19)15-22/h3-9,14,16H,10-13H2,1-2H3. The molecule has 1 amide bonds. The highest BCUT2D eigenvalue weighted by molar-refractivity contribution is 7.89. The van der Waals surface area contributed by atoms with E-state index < -0.39 is 10.0 Å². The van der Waals surface area contributed by atoms with Gasteiger partial charge in [0.1, 0.15) is 0 Å². The van der Waals surface area contributed by atoms with E-state index in [1.54, 1.807) is 41.3 Å². The van der Waals surface area contributed by atoms with Gasteiger partial charge in [0, 0.05) is 31.7 Å². The first kappa shape index (κ1) is 20.1. The summed E-state index contributed by atoms with van der Waals surface area (Å²) >= 11 is 0. The lowest BCUT2D eigenvalue weighted by atomic mass is 10.0. The van der Waals surface area contributed by atoms with Crippen LogP contribution in [0.1, 0.15) is 41.3 Å². The molecule has 0 unspecified atom stereocenters. The van der Waals surface area contributed by atoms with Crippen LogP contribution in [0.25, 0.3) is 0 Å². The number of hydrogen-bond donors (Lipinski definition) is 0. The van der Waals surface area contributed by atoms with Gasteiger partial charge in [-0.25, -0.2) is 8.42 Å². The van der Waals surface area contributed by atoms with E-state index in [4.69, 9.17) is 5.26 Å². The number of carbonyl (C=O) groups is 1. The molecule has 146 valence electrons. The van der Waals surface area contributed by atoms with E-state index in [0.29, 0.717) is 30.1 Å². The minimum atomic E-state index is -3.58. The van der Waals surface area contributed by atoms with Gasteiger partial charge in [-0.05, 0) is 41.8 Å². The Labute approximate surface area is 166 Å². The molecule has 1 fully saturated rings. The van der Waals surface area contributed by atoms with Gasteiger partial charge in [0.05, 0.1) is 16.5 Å². The van der Waals surface area contributed by atoms with Gasteiger partial charge < -0.3 is 4.90 Å². The van der Waals surface area contributed by atoms with Crippen molar-refractivity contribution in [1.29, 1.82) is 5.26 Å². The van der Waals surface area contributed by atoms with E-state index in [9.17, 15) is 13.2 Å². The lowest BCUT2D eigenvalue weighted by molar-refractivity contribution is 0.0698. The number of carbonyl (C=O) groups excluding carboxylic acids is 1. The van der Waals surface area contributed by atoms with Crippen molar-refractivity contribution in [3.05, 3.63) is 65.2 Å². The fraction of sp³-hybridized carbons (Fsp3) is 0.333. The normalized spacial score (nSPS) is 15.4. The number of sulfonamides is 1. The van der Waals surface area contributed by atoms with E-state index in [1.165, 1.54) is 4.31 Å². The molecule has 0 N–H and O–H groups in total. The van der Waals surface area contributed by atoms with Crippen LogP contribution >= 0.6 is 0 Å². The Balaban J connectivity index is 1.68. The zero-order valence-electron chi connectivity index (χ0n) is 16.0. The van der Waals surface area contributed by atoms with E-state index in [0.717, 1.165) is 5.56 Å². The largest absolute Gasteiger partial charge is 0.336 e. The van der Waals surface area contributed by atoms with Gasteiger partial charge >= 0.3 is 0 Å². The number of benzene rings is 2. The fourth-order valence-electron chi connectivity index (χ4n) is 3.21. The van der Waals surface area contributed by atoms with Gasteiger partial charge in [0.15, 0.2) is 0 Å². The maximum Gasteiger partial charge on any atom is 0.253 e. The Hall–Kier alpha value is -2.69. The van der Waals surface area contributed by atoms with Gasteiger partial charge in [0.25, 0.3) is 5.91 Å². The Kier molecular flexibility index (Phi) is 5.82. The number of piperazine rings is 1. The van der Waals surface area contributed by atoms with E-state index in [-0.39, 0.29) is 23.9 Å². The second-order valence-corrected chi connectivity index (χ2v) is 9.05. The minimum absolute atomic E-state index is 0.185. The summed E-state index contributed by atoms with van der Waals surface area (Å²) in [6.45, 7) is 5.26. The van der Waals surface area contributed by atoms with E-state index in [1.807, 2.05) is 18.2 Å². The average molecular weight is 398 g/mol. The van der Waals surface area contributed by atoms with Crippen molar-refractivity contribution in [2.45, 2.75) is 24.7 Å². The highest BCUT2D eigenvalue weighted by Crippen LogP contribution is 2.21. The molecular formula is C21H23N3O3S. The topological polar surface area (TPSA) is 81.5 Å². The molecule has 1 aliphatic heterocycles. The molecule has 28 heavy (non-hydrogen) atoms. The highest BCUT2D eigenvalue weighted by atomic mass is 32.2. The Morgan fingerprint density at radius 3 is 2.25 bits per heavy atom. The van der Waals surface area contributed by atoms with Crippen molar-refractivity contribution in [2.75, 3.05) is 26.2 Å². The first-order valence-corrected chi connectivity index (χ1v) is 10.7. The summed E-state index contributed by atoms with van der Waals surface area (Å²) in [6, 6.07) is 15.6. The molecule has 1 aliphatic rings. The molecule has 1 heterocycles. The van der Waals surface area contributed by atoms with Crippen molar-refractivity contribution in [3.8, 4) is 6.07 Å². The fourth-order valence-corrected chi connectivity index (χ4v) is 4.63. The molecule has 2 aromatic carbocycles. The molecule has 0 aliphatic carbocycles. The van der Waals surface area contributed by atoms with Gasteiger partial charge in [-0.2, -0.15) is 9.57 Å². The summed E-state index contributed by atoms with van der Waals surface area (Å²) in [5.41, 5.74) is 1.96. The minimum Gasteiger partial charge on any atom is -0.336 e. The quantitative estimate of drug-likeness (QED) is 0.794. The Bertz CT molecular complexity index is 1000. The van der Waals surface area contributed by atoms with Crippen LogP contribution in [0.4, 0.5) is 0 Å². The zero-order valence-corrected chi connectivity index (χ0v) is 16.8. The molecule has 0 aromatic heterocycles. The molecule has 0 saturated carbocycles. The molecule has 0 spiro atoms. The third-order valence-corrected chi connectivity index (χ3v) is 6.86. The first-order valence-electron chi connectivity index (χ1n) is 9.22. The summed E-state index contributed by atoms with van der Waals surface area (Å²) in [6.07, 6.45) is 0. The molecular weight excluding hydrogens is 374 g/mol. The van der Waals surface area contributed by atoms with Crippen molar-refractivity contribution >= 4 is 15.9 Å². The van der Waals surface area contributed by atoms with Crippen LogP contribution in [0.2, 0.25) is 0 Å². The summed E-state index contributed by atoms with van der Waals surface area (Å²) < 4.78 is 27.2. The van der Waals surface area contributed by atoms with Crippen molar-refractivity contribution in [3.63, 3.8) is 0 Å². The number of amides is 1. The van der Waals surface area contributed by atoms with Gasteiger partial charge in [0.2, 0.25) is 10.0 Å². The predicted octanol–water partition coefficient (Wildman–Crippen LogP) is 2.83. The second-order valence-electron chi connectivity index (χ2n) is 7.11. The van der Waals surface area contributed by atoms with Crippen LogP contribution in [-0.2, 0) is 10.0 Å². The number of nitriles is 1. The lowest BCUT2D eigenvalue weighted by Gasteiger charge is -2.34. The third-order valence-electron chi connectivity index (χ3n) is 4.95. The smallest absolute Gasteiger partial charge is 0.253 e. The molecule has 3 rings (SSSR count). The molecule has 1 saturated heterocycles. The summed E-state index contributed by atoms with van der Waals surface area (Å²) in [7, 11) is -3.58.